The van der Waals surface area contributed by atoms with Crippen molar-refractivity contribution in [3.63, 3.8) is 0 Å². The van der Waals surface area contributed by atoms with Crippen molar-refractivity contribution in [1.29, 1.82) is 0 Å². The molecule has 1 atom stereocenters. The van der Waals surface area contributed by atoms with Crippen LogP contribution < -0.4 is 9.47 Å². The summed E-state index contributed by atoms with van der Waals surface area (Å²) in [6, 6.07) is 9.94. The molecule has 3 heterocycles. The molecule has 1 fully saturated rings. The van der Waals surface area contributed by atoms with Crippen molar-refractivity contribution >= 4 is 11.6 Å². The van der Waals surface area contributed by atoms with Crippen LogP contribution in [0.15, 0.2) is 42.9 Å². The second kappa shape index (κ2) is 8.51. The summed E-state index contributed by atoms with van der Waals surface area (Å²) >= 11 is 0. The van der Waals surface area contributed by atoms with Gasteiger partial charge < -0.3 is 14.4 Å². The van der Waals surface area contributed by atoms with E-state index in [1.807, 2.05) is 35.4 Å². The molecule has 29 heavy (non-hydrogen) atoms. The highest BCUT2D eigenvalue weighted by Crippen LogP contribution is 2.29. The number of nitrogens with zero attached hydrogens (tertiary/aromatic N) is 4. The average molecular weight is 394 g/mol. The number of carbonyl (C=O) groups is 1. The fourth-order valence-electron chi connectivity index (χ4n) is 4.06. The van der Waals surface area contributed by atoms with Gasteiger partial charge in [0.2, 0.25) is 0 Å². The lowest BCUT2D eigenvalue weighted by atomic mass is 9.95. The molecule has 0 spiro atoms. The number of hydrogen-bond donors (Lipinski definition) is 0. The van der Waals surface area contributed by atoms with Crippen LogP contribution in [0.4, 0.5) is 0 Å². The first-order valence-corrected chi connectivity index (χ1v) is 10.0. The molecule has 0 aliphatic carbocycles. The minimum Gasteiger partial charge on any atom is -0.493 e. The number of amides is 1. The third kappa shape index (κ3) is 4.04. The Balaban J connectivity index is 1.48. The lowest BCUT2D eigenvalue weighted by Crippen LogP contribution is -2.44. The summed E-state index contributed by atoms with van der Waals surface area (Å²) in [5.74, 6) is 1.55. The monoisotopic (exact) mass is 394 g/mol. The predicted molar refractivity (Wildman–Crippen MR) is 110 cm³/mol. The number of fused-ring (bicyclic) bond motifs is 1. The topological polar surface area (TPSA) is 69.0 Å². The van der Waals surface area contributed by atoms with E-state index in [2.05, 4.69) is 16.3 Å². The van der Waals surface area contributed by atoms with Crippen LogP contribution in [0.2, 0.25) is 0 Å². The molecule has 0 radical (unpaired) electrons. The average Bonchev–Trinajstić information content (AvgIpc) is 3.25. The second-order valence-corrected chi connectivity index (χ2v) is 7.39. The Morgan fingerprint density at radius 1 is 1.14 bits per heavy atom. The third-order valence-electron chi connectivity index (χ3n) is 5.64. The van der Waals surface area contributed by atoms with Gasteiger partial charge in [-0.2, -0.15) is 0 Å². The highest BCUT2D eigenvalue weighted by molar-refractivity contribution is 5.94. The summed E-state index contributed by atoms with van der Waals surface area (Å²) in [6.45, 7) is 0.801. The fourth-order valence-corrected chi connectivity index (χ4v) is 4.06. The molecule has 2 aromatic heterocycles. The first-order chi connectivity index (χ1) is 14.2. The molecule has 4 rings (SSSR count). The second-order valence-electron chi connectivity index (χ2n) is 7.39. The van der Waals surface area contributed by atoms with Crippen LogP contribution >= 0.6 is 0 Å². The molecule has 0 N–H and O–H groups in total. The van der Waals surface area contributed by atoms with Crippen LogP contribution in [-0.4, -0.2) is 52.2 Å². The van der Waals surface area contributed by atoms with E-state index in [-0.39, 0.29) is 11.9 Å². The van der Waals surface area contributed by atoms with Crippen molar-refractivity contribution in [2.24, 2.45) is 0 Å². The van der Waals surface area contributed by atoms with E-state index in [1.54, 1.807) is 24.9 Å². The minimum atomic E-state index is 0.0811. The molecule has 1 aromatic carbocycles. The number of benzene rings is 1. The van der Waals surface area contributed by atoms with Gasteiger partial charge in [0.25, 0.3) is 5.91 Å². The highest BCUT2D eigenvalue weighted by Gasteiger charge is 2.27. The van der Waals surface area contributed by atoms with Gasteiger partial charge in [-0.15, -0.1) is 10.2 Å². The van der Waals surface area contributed by atoms with E-state index in [0.29, 0.717) is 5.56 Å². The van der Waals surface area contributed by atoms with Gasteiger partial charge in [-0.25, -0.2) is 0 Å². The first kappa shape index (κ1) is 19.2. The number of aromatic nitrogens is 3. The smallest absolute Gasteiger partial charge is 0.255 e. The van der Waals surface area contributed by atoms with Crippen molar-refractivity contribution < 1.29 is 14.3 Å². The zero-order chi connectivity index (χ0) is 20.2. The highest BCUT2D eigenvalue weighted by atomic mass is 16.5. The maximum absolute atomic E-state index is 13.2. The molecule has 7 nitrogen and oxygen atoms in total. The lowest BCUT2D eigenvalue weighted by Gasteiger charge is -2.36. The third-order valence-corrected chi connectivity index (χ3v) is 5.64. The van der Waals surface area contributed by atoms with Gasteiger partial charge in [-0.05, 0) is 61.9 Å². The van der Waals surface area contributed by atoms with Gasteiger partial charge in [-0.3, -0.25) is 9.20 Å². The Morgan fingerprint density at radius 3 is 2.83 bits per heavy atom. The van der Waals surface area contributed by atoms with Crippen molar-refractivity contribution in [1.82, 2.24) is 19.5 Å². The van der Waals surface area contributed by atoms with Crippen LogP contribution in [0.1, 0.15) is 41.6 Å². The quantitative estimate of drug-likeness (QED) is 0.641. The fraction of sp³-hybridized carbons (Fsp3) is 0.409. The van der Waals surface area contributed by atoms with Crippen LogP contribution in [0.3, 0.4) is 0 Å². The van der Waals surface area contributed by atoms with E-state index in [1.165, 1.54) is 5.56 Å². The summed E-state index contributed by atoms with van der Waals surface area (Å²) < 4.78 is 12.5. The van der Waals surface area contributed by atoms with Crippen LogP contribution in [-0.2, 0) is 6.42 Å². The summed E-state index contributed by atoms with van der Waals surface area (Å²) in [7, 11) is 3.29. The van der Waals surface area contributed by atoms with Gasteiger partial charge in [0.15, 0.2) is 17.1 Å². The SMILES string of the molecule is COc1ccc(CCC2CCCCN2C(=O)c2ccc3nncn3c2)cc1OC. The van der Waals surface area contributed by atoms with Gasteiger partial charge in [0.1, 0.15) is 6.33 Å². The largest absolute Gasteiger partial charge is 0.493 e. The van der Waals surface area contributed by atoms with Crippen molar-refractivity contribution in [2.45, 2.75) is 38.1 Å². The van der Waals surface area contributed by atoms with Crippen molar-refractivity contribution in [3.05, 3.63) is 54.0 Å². The molecule has 1 aliphatic rings. The number of piperidine rings is 1. The lowest BCUT2D eigenvalue weighted by molar-refractivity contribution is 0.0601. The maximum Gasteiger partial charge on any atom is 0.255 e. The summed E-state index contributed by atoms with van der Waals surface area (Å²) in [5, 5.41) is 7.89. The van der Waals surface area contributed by atoms with Gasteiger partial charge >= 0.3 is 0 Å². The Hall–Kier alpha value is -3.09. The number of hydrogen-bond acceptors (Lipinski definition) is 5. The zero-order valence-electron chi connectivity index (χ0n) is 16.9. The number of rotatable bonds is 6. The summed E-state index contributed by atoms with van der Waals surface area (Å²) in [6.07, 6.45) is 8.50. The van der Waals surface area contributed by atoms with Crippen LogP contribution in [0, 0.1) is 0 Å². The minimum absolute atomic E-state index is 0.0811. The number of methoxy groups -OCH3 is 2. The maximum atomic E-state index is 13.2. The molecule has 3 aromatic rings. The van der Waals surface area contributed by atoms with E-state index in [0.717, 1.165) is 55.8 Å². The van der Waals surface area contributed by atoms with Crippen LogP contribution in [0.5, 0.6) is 11.5 Å². The molecular formula is C22H26N4O3. The Labute approximate surface area is 170 Å². The number of likely N-dealkylation sites (tertiary alicyclic amines) is 1. The van der Waals surface area contributed by atoms with E-state index in [4.69, 9.17) is 9.47 Å². The molecule has 7 heteroatoms. The number of aryl methyl sites for hydroxylation is 1. The van der Waals surface area contributed by atoms with E-state index in [9.17, 15) is 4.79 Å². The molecule has 0 saturated carbocycles. The van der Waals surface area contributed by atoms with Gasteiger partial charge in [0, 0.05) is 18.8 Å². The Kier molecular flexibility index (Phi) is 5.64. The molecule has 1 unspecified atom stereocenters. The predicted octanol–water partition coefficient (Wildman–Crippen LogP) is 3.37. The van der Waals surface area contributed by atoms with Gasteiger partial charge in [0.05, 0.1) is 19.8 Å². The Bertz CT molecular complexity index is 1000. The number of ether oxygens (including phenoxy) is 2. The molecule has 1 amide bonds. The standard InChI is InChI=1S/C22H26N4O3/c1-28-19-10-7-16(13-20(19)29-2)6-9-18-5-3-4-12-26(18)22(27)17-8-11-21-24-23-15-25(21)14-17/h7-8,10-11,13-15,18H,3-6,9,12H2,1-2H3. The molecular weight excluding hydrogens is 368 g/mol. The molecule has 0 bridgehead atoms. The number of pyridine rings is 1. The molecule has 1 saturated heterocycles. The molecule has 152 valence electrons. The normalized spacial score (nSPS) is 16.8. The van der Waals surface area contributed by atoms with E-state index < -0.39 is 0 Å². The van der Waals surface area contributed by atoms with Crippen LogP contribution in [0.25, 0.3) is 5.65 Å². The van der Waals surface area contributed by atoms with Crippen molar-refractivity contribution in [2.75, 3.05) is 20.8 Å². The Morgan fingerprint density at radius 2 is 2.00 bits per heavy atom. The zero-order valence-corrected chi connectivity index (χ0v) is 16.9. The van der Waals surface area contributed by atoms with Gasteiger partial charge in [-0.1, -0.05) is 6.07 Å². The first-order valence-electron chi connectivity index (χ1n) is 10.0. The summed E-state index contributed by atoms with van der Waals surface area (Å²) in [4.78, 5) is 15.2. The summed E-state index contributed by atoms with van der Waals surface area (Å²) in [5.41, 5.74) is 2.60. The molecule has 1 aliphatic heterocycles. The van der Waals surface area contributed by atoms with E-state index >= 15 is 0 Å². The number of carbonyl (C=O) groups excluding carboxylic acids is 1. The van der Waals surface area contributed by atoms with Crippen molar-refractivity contribution in [3.8, 4) is 11.5 Å².